The molecule has 2 atom stereocenters. The molecule has 1 aromatic carbocycles. The van der Waals surface area contributed by atoms with Gasteiger partial charge in [0.15, 0.2) is 0 Å². The molecule has 1 saturated heterocycles. The minimum atomic E-state index is 0.153. The van der Waals surface area contributed by atoms with E-state index >= 15 is 0 Å². The zero-order valence-corrected chi connectivity index (χ0v) is 13.6. The first-order valence-electron chi connectivity index (χ1n) is 8.17. The van der Waals surface area contributed by atoms with E-state index in [0.717, 1.165) is 43.7 Å². The molecule has 0 spiro atoms. The first-order valence-corrected chi connectivity index (χ1v) is 8.17. The lowest BCUT2D eigenvalue weighted by atomic mass is 9.96. The molecule has 0 aromatic heterocycles. The van der Waals surface area contributed by atoms with Gasteiger partial charge in [0, 0.05) is 26.1 Å². The van der Waals surface area contributed by atoms with E-state index in [1.54, 1.807) is 7.11 Å². The molecule has 0 bridgehead atoms. The zero-order chi connectivity index (χ0) is 15.9. The minimum absolute atomic E-state index is 0.153. The van der Waals surface area contributed by atoms with Gasteiger partial charge in [-0.25, -0.2) is 0 Å². The van der Waals surface area contributed by atoms with Gasteiger partial charge in [0.1, 0.15) is 5.75 Å². The van der Waals surface area contributed by atoms with Gasteiger partial charge in [-0.1, -0.05) is 25.1 Å². The van der Waals surface area contributed by atoms with Crippen molar-refractivity contribution in [2.75, 3.05) is 26.8 Å². The van der Waals surface area contributed by atoms with Crippen LogP contribution in [0.4, 0.5) is 0 Å². The van der Waals surface area contributed by atoms with Gasteiger partial charge in [0.05, 0.1) is 7.11 Å². The summed E-state index contributed by atoms with van der Waals surface area (Å²) in [6, 6.07) is 7.91. The van der Waals surface area contributed by atoms with Crippen LogP contribution in [0.3, 0.4) is 0 Å². The van der Waals surface area contributed by atoms with Crippen LogP contribution in [0.15, 0.2) is 24.3 Å². The van der Waals surface area contributed by atoms with Crippen LogP contribution < -0.4 is 4.74 Å². The highest BCUT2D eigenvalue weighted by Crippen LogP contribution is 2.30. The van der Waals surface area contributed by atoms with Crippen LogP contribution >= 0.6 is 0 Å². The molecule has 122 valence electrons. The van der Waals surface area contributed by atoms with Crippen molar-refractivity contribution in [2.45, 2.75) is 38.5 Å². The first-order chi connectivity index (χ1) is 10.7. The smallest absolute Gasteiger partial charge is 0.223 e. The highest BCUT2D eigenvalue weighted by atomic mass is 16.5. The van der Waals surface area contributed by atoms with Gasteiger partial charge in [0.25, 0.3) is 0 Å². The van der Waals surface area contributed by atoms with E-state index in [1.165, 1.54) is 0 Å². The van der Waals surface area contributed by atoms with E-state index in [9.17, 15) is 4.79 Å². The van der Waals surface area contributed by atoms with Crippen LogP contribution in [0, 0.1) is 5.92 Å². The number of likely N-dealkylation sites (tertiary alicyclic amines) is 1. The van der Waals surface area contributed by atoms with Crippen molar-refractivity contribution in [1.29, 1.82) is 0 Å². The van der Waals surface area contributed by atoms with E-state index in [1.807, 2.05) is 29.2 Å². The van der Waals surface area contributed by atoms with E-state index in [-0.39, 0.29) is 18.4 Å². The number of carbonyl (C=O) groups is 1. The number of benzene rings is 1. The Kier molecular flexibility index (Phi) is 6.25. The highest BCUT2D eigenvalue weighted by Gasteiger charge is 2.27. The Balaban J connectivity index is 1.89. The average molecular weight is 305 g/mol. The van der Waals surface area contributed by atoms with Gasteiger partial charge in [-0.15, -0.1) is 0 Å². The first kappa shape index (κ1) is 16.8. The van der Waals surface area contributed by atoms with Crippen molar-refractivity contribution in [3.05, 3.63) is 29.8 Å². The van der Waals surface area contributed by atoms with E-state index < -0.39 is 0 Å². The minimum Gasteiger partial charge on any atom is -0.496 e. The molecule has 0 saturated carbocycles. The summed E-state index contributed by atoms with van der Waals surface area (Å²) in [7, 11) is 1.67. The van der Waals surface area contributed by atoms with E-state index in [4.69, 9.17) is 9.84 Å². The fraction of sp³-hybridized carbons (Fsp3) is 0.611. The number of aliphatic hydroxyl groups excluding tert-OH is 1. The molecule has 22 heavy (non-hydrogen) atoms. The van der Waals surface area contributed by atoms with E-state index in [0.29, 0.717) is 12.3 Å². The van der Waals surface area contributed by atoms with Crippen molar-refractivity contribution in [3.63, 3.8) is 0 Å². The van der Waals surface area contributed by atoms with Gasteiger partial charge >= 0.3 is 0 Å². The Bertz CT molecular complexity index is 489. The molecule has 1 fully saturated rings. The maximum Gasteiger partial charge on any atom is 0.223 e. The lowest BCUT2D eigenvalue weighted by Crippen LogP contribution is -2.29. The number of para-hydroxylation sites is 1. The molecule has 0 aliphatic carbocycles. The van der Waals surface area contributed by atoms with Crippen LogP contribution in [0.1, 0.15) is 44.1 Å². The molecule has 1 aliphatic rings. The Morgan fingerprint density at radius 1 is 1.45 bits per heavy atom. The summed E-state index contributed by atoms with van der Waals surface area (Å²) in [4.78, 5) is 14.5. The second-order valence-corrected chi connectivity index (χ2v) is 6.21. The Hall–Kier alpha value is -1.55. The maximum absolute atomic E-state index is 12.5. The number of hydrogen-bond donors (Lipinski definition) is 1. The van der Waals surface area contributed by atoms with Crippen LogP contribution in [0.25, 0.3) is 0 Å². The molecule has 1 N–H and O–H groups in total. The number of amides is 1. The quantitative estimate of drug-likeness (QED) is 0.842. The van der Waals surface area contributed by atoms with Gasteiger partial charge in [-0.2, -0.15) is 0 Å². The summed E-state index contributed by atoms with van der Waals surface area (Å²) in [6.45, 7) is 4.02. The fourth-order valence-electron chi connectivity index (χ4n) is 3.25. The number of aliphatic hydroxyl groups is 1. The molecule has 1 amide bonds. The lowest BCUT2D eigenvalue weighted by molar-refractivity contribution is -0.130. The zero-order valence-electron chi connectivity index (χ0n) is 13.6. The maximum atomic E-state index is 12.5. The van der Waals surface area contributed by atoms with Crippen LogP contribution in [-0.2, 0) is 4.79 Å². The molecule has 1 aromatic rings. The molecule has 0 unspecified atom stereocenters. The van der Waals surface area contributed by atoms with Crippen LogP contribution in [-0.4, -0.2) is 42.7 Å². The number of methoxy groups -OCH3 is 1. The molecule has 4 heteroatoms. The van der Waals surface area contributed by atoms with Crippen molar-refractivity contribution in [2.24, 2.45) is 5.92 Å². The van der Waals surface area contributed by atoms with Crippen molar-refractivity contribution in [3.8, 4) is 5.75 Å². The number of carbonyl (C=O) groups excluding carboxylic acids is 1. The highest BCUT2D eigenvalue weighted by molar-refractivity contribution is 5.77. The summed E-state index contributed by atoms with van der Waals surface area (Å²) in [5.41, 5.74) is 1.09. The topological polar surface area (TPSA) is 49.8 Å². The molecule has 1 aliphatic heterocycles. The second kappa shape index (κ2) is 8.18. The number of rotatable bonds is 7. The third-order valence-electron chi connectivity index (χ3n) is 4.56. The largest absolute Gasteiger partial charge is 0.496 e. The summed E-state index contributed by atoms with van der Waals surface area (Å²) in [5.74, 6) is 1.78. The van der Waals surface area contributed by atoms with E-state index in [2.05, 4.69) is 6.92 Å². The second-order valence-electron chi connectivity index (χ2n) is 6.21. The van der Waals surface area contributed by atoms with Gasteiger partial charge in [0.2, 0.25) is 5.91 Å². The predicted molar refractivity (Wildman–Crippen MR) is 87.0 cm³/mol. The van der Waals surface area contributed by atoms with Gasteiger partial charge in [-0.05, 0) is 42.7 Å². The Morgan fingerprint density at radius 3 is 2.95 bits per heavy atom. The lowest BCUT2D eigenvalue weighted by Gasteiger charge is -2.20. The predicted octanol–water partition coefficient (Wildman–Crippen LogP) is 2.81. The molecule has 1 heterocycles. The Labute approximate surface area is 133 Å². The summed E-state index contributed by atoms with van der Waals surface area (Å²) < 4.78 is 5.39. The summed E-state index contributed by atoms with van der Waals surface area (Å²) >= 11 is 0. The standard InChI is InChI=1S/C18H27NO3/c1-14(16-7-3-4-8-17(16)22-2)12-18(21)19-10-9-15(13-19)6-5-11-20/h3-4,7-8,14-15,20H,5-6,9-13H2,1-2H3/t14-,15+/m1/s1. The molecule has 0 radical (unpaired) electrons. The van der Waals surface area contributed by atoms with Gasteiger partial charge in [-0.3, -0.25) is 4.79 Å². The van der Waals surface area contributed by atoms with Gasteiger partial charge < -0.3 is 14.7 Å². The normalized spacial score (nSPS) is 19.2. The van der Waals surface area contributed by atoms with Crippen LogP contribution in [0.2, 0.25) is 0 Å². The van der Waals surface area contributed by atoms with Crippen molar-refractivity contribution in [1.82, 2.24) is 4.90 Å². The molecule has 2 rings (SSSR count). The third-order valence-corrected chi connectivity index (χ3v) is 4.56. The van der Waals surface area contributed by atoms with Crippen LogP contribution in [0.5, 0.6) is 5.75 Å². The number of hydrogen-bond acceptors (Lipinski definition) is 3. The average Bonchev–Trinajstić information content (AvgIpc) is 3.01. The Morgan fingerprint density at radius 2 is 2.23 bits per heavy atom. The van der Waals surface area contributed by atoms with Crippen molar-refractivity contribution >= 4 is 5.91 Å². The fourth-order valence-corrected chi connectivity index (χ4v) is 3.25. The summed E-state index contributed by atoms with van der Waals surface area (Å²) in [6.07, 6.45) is 3.44. The monoisotopic (exact) mass is 305 g/mol. The van der Waals surface area contributed by atoms with Crippen molar-refractivity contribution < 1.29 is 14.6 Å². The molecular formula is C18H27NO3. The number of nitrogens with zero attached hydrogens (tertiary/aromatic N) is 1. The molecular weight excluding hydrogens is 278 g/mol. The number of ether oxygens (including phenoxy) is 1. The third kappa shape index (κ3) is 4.23. The SMILES string of the molecule is COc1ccccc1[C@H](C)CC(=O)N1CC[C@H](CCCO)C1. The summed E-state index contributed by atoms with van der Waals surface area (Å²) in [5, 5.41) is 8.90. The molecule has 4 nitrogen and oxygen atoms in total.